The van der Waals surface area contributed by atoms with E-state index >= 15 is 0 Å². The maximum Gasteiger partial charge on any atom is 0.328 e. The van der Waals surface area contributed by atoms with Crippen LogP contribution in [-0.4, -0.2) is 27.0 Å². The van der Waals surface area contributed by atoms with Crippen molar-refractivity contribution in [1.29, 1.82) is 0 Å². The smallest absolute Gasteiger partial charge is 0.328 e. The molecule has 0 saturated heterocycles. The molecular formula is C30H27N3O3. The molecule has 1 saturated carbocycles. The molecule has 1 aliphatic rings. The Bertz CT molecular complexity index is 1420. The second-order valence-corrected chi connectivity index (χ2v) is 9.11. The number of aromatic nitrogens is 2. The molecule has 1 heterocycles. The van der Waals surface area contributed by atoms with E-state index in [0.717, 1.165) is 46.9 Å². The number of nitrogens with one attached hydrogen (secondary N) is 1. The van der Waals surface area contributed by atoms with Crippen LogP contribution in [-0.2, 0) is 4.79 Å². The summed E-state index contributed by atoms with van der Waals surface area (Å²) >= 11 is 0. The first-order valence-corrected chi connectivity index (χ1v) is 12.3. The highest BCUT2D eigenvalue weighted by molar-refractivity contribution is 6.06. The van der Waals surface area contributed by atoms with Crippen molar-refractivity contribution < 1.29 is 14.7 Å². The number of aliphatic carboxylic acids is 1. The average Bonchev–Trinajstić information content (AvgIpc) is 2.92. The third kappa shape index (κ3) is 5.33. The first kappa shape index (κ1) is 23.4. The van der Waals surface area contributed by atoms with Gasteiger partial charge in [0.1, 0.15) is 0 Å². The van der Waals surface area contributed by atoms with E-state index in [4.69, 9.17) is 15.1 Å². The summed E-state index contributed by atoms with van der Waals surface area (Å²) in [4.78, 5) is 33.7. The van der Waals surface area contributed by atoms with Gasteiger partial charge < -0.3 is 10.4 Å². The standard InChI is InChI=1S/C30H27N3O3/c34-27(35)18-13-20-11-15-24(16-12-20)31-30(36)23-14-17-25-26(19-23)33-29(22-9-5-2-6-10-22)28(32-25)21-7-3-1-4-8-21/h2,5-6,9-19,21H,1,3-4,7-8H2,(H,31,36)(H,34,35)/b18-13+. The van der Waals surface area contributed by atoms with Crippen molar-refractivity contribution in [3.63, 3.8) is 0 Å². The summed E-state index contributed by atoms with van der Waals surface area (Å²) in [6.07, 6.45) is 8.55. The highest BCUT2D eigenvalue weighted by Crippen LogP contribution is 2.37. The fraction of sp³-hybridized carbons (Fsp3) is 0.200. The number of carbonyl (C=O) groups excluding carboxylic acids is 1. The molecule has 1 aliphatic carbocycles. The normalized spacial score (nSPS) is 14.2. The van der Waals surface area contributed by atoms with E-state index in [1.807, 2.05) is 24.3 Å². The van der Waals surface area contributed by atoms with Crippen molar-refractivity contribution in [1.82, 2.24) is 9.97 Å². The third-order valence-electron chi connectivity index (χ3n) is 6.58. The Morgan fingerprint density at radius 2 is 1.61 bits per heavy atom. The lowest BCUT2D eigenvalue weighted by atomic mass is 9.85. The van der Waals surface area contributed by atoms with Crippen molar-refractivity contribution in [2.75, 3.05) is 5.32 Å². The van der Waals surface area contributed by atoms with Gasteiger partial charge in [-0.2, -0.15) is 0 Å². The van der Waals surface area contributed by atoms with Gasteiger partial charge in [-0.1, -0.05) is 61.7 Å². The largest absolute Gasteiger partial charge is 0.478 e. The quantitative estimate of drug-likeness (QED) is 0.302. The Balaban J connectivity index is 1.44. The highest BCUT2D eigenvalue weighted by Gasteiger charge is 2.23. The van der Waals surface area contributed by atoms with Crippen LogP contribution in [0.4, 0.5) is 5.69 Å². The van der Waals surface area contributed by atoms with Crippen LogP contribution in [0.3, 0.4) is 0 Å². The highest BCUT2D eigenvalue weighted by atomic mass is 16.4. The Morgan fingerprint density at radius 1 is 0.861 bits per heavy atom. The molecule has 0 atom stereocenters. The van der Waals surface area contributed by atoms with E-state index in [9.17, 15) is 9.59 Å². The number of carbonyl (C=O) groups is 2. The molecule has 0 radical (unpaired) electrons. The van der Waals surface area contributed by atoms with Gasteiger partial charge in [0.05, 0.1) is 22.4 Å². The topological polar surface area (TPSA) is 92.2 Å². The summed E-state index contributed by atoms with van der Waals surface area (Å²) in [5.41, 5.74) is 6.34. The molecule has 0 unspecified atom stereocenters. The molecule has 6 nitrogen and oxygen atoms in total. The van der Waals surface area contributed by atoms with Crippen LogP contribution in [0.25, 0.3) is 28.4 Å². The Hall–Kier alpha value is -4.32. The third-order valence-corrected chi connectivity index (χ3v) is 6.58. The van der Waals surface area contributed by atoms with Crippen molar-refractivity contribution in [3.8, 4) is 11.3 Å². The Morgan fingerprint density at radius 3 is 2.33 bits per heavy atom. The maximum atomic E-state index is 13.0. The number of amides is 1. The van der Waals surface area contributed by atoms with Gasteiger partial charge in [0, 0.05) is 28.8 Å². The molecule has 1 amide bonds. The number of rotatable bonds is 6. The fourth-order valence-corrected chi connectivity index (χ4v) is 4.73. The number of benzene rings is 3. The molecule has 1 fully saturated rings. The van der Waals surface area contributed by atoms with Gasteiger partial charge in [-0.25, -0.2) is 14.8 Å². The number of hydrogen-bond donors (Lipinski definition) is 2. The van der Waals surface area contributed by atoms with Crippen molar-refractivity contribution >= 4 is 34.7 Å². The van der Waals surface area contributed by atoms with Gasteiger partial charge in [0.25, 0.3) is 5.91 Å². The number of fused-ring (bicyclic) bond motifs is 1. The number of carboxylic acids is 1. The zero-order chi connectivity index (χ0) is 24.9. The molecule has 6 heteroatoms. The molecule has 0 spiro atoms. The summed E-state index contributed by atoms with van der Waals surface area (Å²) in [7, 11) is 0. The van der Waals surface area contributed by atoms with E-state index in [0.29, 0.717) is 22.7 Å². The Kier molecular flexibility index (Phi) is 6.85. The van der Waals surface area contributed by atoms with Gasteiger partial charge in [0.2, 0.25) is 0 Å². The zero-order valence-corrected chi connectivity index (χ0v) is 19.9. The summed E-state index contributed by atoms with van der Waals surface area (Å²) in [5, 5.41) is 11.7. The first-order valence-electron chi connectivity index (χ1n) is 12.3. The van der Waals surface area contributed by atoms with Gasteiger partial charge in [-0.15, -0.1) is 0 Å². The lowest BCUT2D eigenvalue weighted by molar-refractivity contribution is -0.131. The SMILES string of the molecule is O=C(O)/C=C/c1ccc(NC(=O)c2ccc3nc(C4CCCCC4)c(-c4ccccc4)nc3c2)cc1. The maximum absolute atomic E-state index is 13.0. The predicted octanol–water partition coefficient (Wildman–Crippen LogP) is 6.69. The van der Waals surface area contributed by atoms with Gasteiger partial charge in [0.15, 0.2) is 0 Å². The number of anilines is 1. The molecule has 4 aromatic rings. The fourth-order valence-electron chi connectivity index (χ4n) is 4.73. The van der Waals surface area contributed by atoms with Crippen LogP contribution < -0.4 is 5.32 Å². The van der Waals surface area contributed by atoms with E-state index in [2.05, 4.69) is 17.4 Å². The van der Waals surface area contributed by atoms with E-state index in [-0.39, 0.29) is 5.91 Å². The van der Waals surface area contributed by atoms with Crippen LogP contribution in [0.1, 0.15) is 59.6 Å². The molecular weight excluding hydrogens is 450 g/mol. The number of hydrogen-bond acceptors (Lipinski definition) is 4. The molecule has 36 heavy (non-hydrogen) atoms. The number of nitrogens with zero attached hydrogens (tertiary/aromatic N) is 2. The second kappa shape index (κ2) is 10.5. The summed E-state index contributed by atoms with van der Waals surface area (Å²) < 4.78 is 0. The van der Waals surface area contributed by atoms with Crippen LogP contribution in [0.15, 0.2) is 78.9 Å². The molecule has 3 aromatic carbocycles. The van der Waals surface area contributed by atoms with Gasteiger partial charge >= 0.3 is 5.97 Å². The average molecular weight is 478 g/mol. The van der Waals surface area contributed by atoms with Crippen molar-refractivity contribution in [2.45, 2.75) is 38.0 Å². The minimum Gasteiger partial charge on any atom is -0.478 e. The lowest BCUT2D eigenvalue weighted by Crippen LogP contribution is -2.13. The van der Waals surface area contributed by atoms with Crippen molar-refractivity contribution in [3.05, 3.63) is 95.7 Å². The van der Waals surface area contributed by atoms with E-state index < -0.39 is 5.97 Å². The predicted molar refractivity (Wildman–Crippen MR) is 142 cm³/mol. The molecule has 0 aliphatic heterocycles. The monoisotopic (exact) mass is 477 g/mol. The zero-order valence-electron chi connectivity index (χ0n) is 19.9. The van der Waals surface area contributed by atoms with E-state index in [1.54, 1.807) is 36.4 Å². The van der Waals surface area contributed by atoms with Crippen LogP contribution in [0, 0.1) is 0 Å². The van der Waals surface area contributed by atoms with Crippen LogP contribution in [0.5, 0.6) is 0 Å². The second-order valence-electron chi connectivity index (χ2n) is 9.11. The van der Waals surface area contributed by atoms with E-state index in [1.165, 1.54) is 25.3 Å². The molecule has 2 N–H and O–H groups in total. The summed E-state index contributed by atoms with van der Waals surface area (Å²) in [6, 6.07) is 22.6. The number of carboxylic acid groups (broad SMARTS) is 1. The van der Waals surface area contributed by atoms with Gasteiger partial charge in [-0.05, 0) is 54.8 Å². The summed E-state index contributed by atoms with van der Waals surface area (Å²) in [5.74, 6) is -0.847. The van der Waals surface area contributed by atoms with Crippen LogP contribution >= 0.6 is 0 Å². The first-order chi connectivity index (χ1) is 17.6. The van der Waals surface area contributed by atoms with Gasteiger partial charge in [-0.3, -0.25) is 4.79 Å². The molecule has 180 valence electrons. The molecule has 1 aromatic heterocycles. The summed E-state index contributed by atoms with van der Waals surface area (Å²) in [6.45, 7) is 0. The minimum atomic E-state index is -1.01. The molecule has 5 rings (SSSR count). The van der Waals surface area contributed by atoms with Crippen LogP contribution in [0.2, 0.25) is 0 Å². The minimum absolute atomic E-state index is 0.245. The molecule has 0 bridgehead atoms. The van der Waals surface area contributed by atoms with Crippen molar-refractivity contribution in [2.24, 2.45) is 0 Å². The Labute approximate surface area is 209 Å². The lowest BCUT2D eigenvalue weighted by Gasteiger charge is -2.23.